The molecule has 1 aliphatic carbocycles. The zero-order valence-electron chi connectivity index (χ0n) is 20.2. The number of nitrogens with one attached hydrogen (secondary N) is 2. The van der Waals surface area contributed by atoms with Crippen LogP contribution in [0.2, 0.25) is 0 Å². The van der Waals surface area contributed by atoms with Crippen molar-refractivity contribution < 1.29 is 29.0 Å². The first kappa shape index (κ1) is 24.7. The van der Waals surface area contributed by atoms with E-state index in [1.54, 1.807) is 0 Å². The number of alkyl carbamates (subject to hydrolysis) is 1. The lowest BCUT2D eigenvalue weighted by Gasteiger charge is -2.32. The molecule has 0 aromatic heterocycles. The second-order valence-corrected chi connectivity index (χ2v) is 10.2. The smallest absolute Gasteiger partial charge is 0.407 e. The fourth-order valence-corrected chi connectivity index (χ4v) is 4.79. The number of ether oxygens (including phenoxy) is 2. The highest BCUT2D eigenvalue weighted by molar-refractivity contribution is 5.84. The third-order valence-corrected chi connectivity index (χ3v) is 6.74. The van der Waals surface area contributed by atoms with Crippen LogP contribution in [0.5, 0.6) is 0 Å². The summed E-state index contributed by atoms with van der Waals surface area (Å²) in [7, 11) is 0. The van der Waals surface area contributed by atoms with Crippen molar-refractivity contribution in [1.82, 2.24) is 10.6 Å². The highest BCUT2D eigenvalue weighted by Gasteiger charge is 2.39. The molecular weight excluding hydrogens is 448 g/mol. The molecule has 2 aliphatic rings. The number of aliphatic carboxylic acids is 1. The first-order chi connectivity index (χ1) is 16.6. The Balaban J connectivity index is 1.37. The molecule has 2 aromatic rings. The Hall–Kier alpha value is -3.39. The second kappa shape index (κ2) is 10.1. The maximum absolute atomic E-state index is 12.9. The van der Waals surface area contributed by atoms with Crippen LogP contribution >= 0.6 is 0 Å². The van der Waals surface area contributed by atoms with E-state index >= 15 is 0 Å². The number of rotatable bonds is 7. The van der Waals surface area contributed by atoms with Crippen molar-refractivity contribution in [2.24, 2.45) is 5.41 Å². The summed E-state index contributed by atoms with van der Waals surface area (Å²) < 4.78 is 11.2. The van der Waals surface area contributed by atoms with Gasteiger partial charge in [0.25, 0.3) is 5.91 Å². The molecule has 186 valence electrons. The number of benzene rings is 2. The zero-order chi connectivity index (χ0) is 25.2. The quantitative estimate of drug-likeness (QED) is 0.557. The molecule has 0 saturated carbocycles. The van der Waals surface area contributed by atoms with Gasteiger partial charge in [0.15, 0.2) is 6.10 Å². The third kappa shape index (κ3) is 5.48. The van der Waals surface area contributed by atoms with Crippen LogP contribution in [0.15, 0.2) is 48.5 Å². The summed E-state index contributed by atoms with van der Waals surface area (Å²) in [4.78, 5) is 36.8. The molecule has 3 atom stereocenters. The lowest BCUT2D eigenvalue weighted by atomic mass is 9.84. The number of carbonyl (C=O) groups excluding carboxylic acids is 2. The minimum absolute atomic E-state index is 0.0596. The summed E-state index contributed by atoms with van der Waals surface area (Å²) >= 11 is 0. The van der Waals surface area contributed by atoms with Gasteiger partial charge < -0.3 is 25.2 Å². The molecule has 1 aliphatic heterocycles. The van der Waals surface area contributed by atoms with Gasteiger partial charge in [-0.15, -0.1) is 0 Å². The van der Waals surface area contributed by atoms with E-state index in [4.69, 9.17) is 9.47 Å². The minimum Gasteiger partial charge on any atom is -0.481 e. The van der Waals surface area contributed by atoms with Gasteiger partial charge in [0.05, 0.1) is 12.5 Å². The fourth-order valence-electron chi connectivity index (χ4n) is 4.79. The normalized spacial score (nSPS) is 20.0. The van der Waals surface area contributed by atoms with Crippen molar-refractivity contribution in [2.45, 2.75) is 57.7 Å². The van der Waals surface area contributed by atoms with Crippen LogP contribution < -0.4 is 10.6 Å². The lowest BCUT2D eigenvalue weighted by molar-refractivity contribution is -0.139. The molecule has 8 nitrogen and oxygen atoms in total. The average molecular weight is 481 g/mol. The van der Waals surface area contributed by atoms with Gasteiger partial charge in [-0.2, -0.15) is 0 Å². The maximum Gasteiger partial charge on any atom is 0.407 e. The topological polar surface area (TPSA) is 114 Å². The van der Waals surface area contributed by atoms with Crippen LogP contribution in [-0.4, -0.2) is 54.5 Å². The van der Waals surface area contributed by atoms with E-state index in [0.29, 0.717) is 13.0 Å². The molecule has 3 N–H and O–H groups in total. The summed E-state index contributed by atoms with van der Waals surface area (Å²) in [5, 5.41) is 14.8. The van der Waals surface area contributed by atoms with Crippen molar-refractivity contribution in [1.29, 1.82) is 0 Å². The Labute approximate surface area is 205 Å². The van der Waals surface area contributed by atoms with Crippen molar-refractivity contribution in [2.75, 3.05) is 13.2 Å². The van der Waals surface area contributed by atoms with Gasteiger partial charge in [0, 0.05) is 18.6 Å². The number of carbonyl (C=O) groups is 3. The van der Waals surface area contributed by atoms with E-state index < -0.39 is 41.6 Å². The Morgan fingerprint density at radius 2 is 1.66 bits per heavy atom. The van der Waals surface area contributed by atoms with Gasteiger partial charge in [-0.3, -0.25) is 9.59 Å². The van der Waals surface area contributed by atoms with Gasteiger partial charge in [-0.1, -0.05) is 69.3 Å². The molecule has 8 heteroatoms. The first-order valence-corrected chi connectivity index (χ1v) is 11.9. The zero-order valence-corrected chi connectivity index (χ0v) is 20.2. The molecule has 0 spiro atoms. The van der Waals surface area contributed by atoms with Gasteiger partial charge in [0.1, 0.15) is 6.61 Å². The molecule has 0 radical (unpaired) electrons. The first-order valence-electron chi connectivity index (χ1n) is 11.9. The van der Waals surface area contributed by atoms with Crippen LogP contribution in [0.1, 0.15) is 50.7 Å². The fraction of sp³-hybridized carbons (Fsp3) is 0.444. The number of fused-ring (bicyclic) bond motifs is 3. The predicted molar refractivity (Wildman–Crippen MR) is 130 cm³/mol. The van der Waals surface area contributed by atoms with E-state index in [2.05, 4.69) is 34.9 Å². The van der Waals surface area contributed by atoms with Gasteiger partial charge in [-0.25, -0.2) is 4.79 Å². The Bertz CT molecular complexity index is 1060. The van der Waals surface area contributed by atoms with Crippen LogP contribution in [0, 0.1) is 5.41 Å². The summed E-state index contributed by atoms with van der Waals surface area (Å²) in [6.07, 6.45) is -1.26. The Morgan fingerprint density at radius 3 is 2.23 bits per heavy atom. The Morgan fingerprint density at radius 1 is 1.06 bits per heavy atom. The number of carboxylic acids is 1. The summed E-state index contributed by atoms with van der Waals surface area (Å²) in [5.41, 5.74) is 4.08. The molecule has 0 bridgehead atoms. The van der Waals surface area contributed by atoms with Crippen molar-refractivity contribution >= 4 is 18.0 Å². The monoisotopic (exact) mass is 480 g/mol. The van der Waals surface area contributed by atoms with Crippen LogP contribution in [0.25, 0.3) is 11.1 Å². The molecule has 1 saturated heterocycles. The molecule has 2 amide bonds. The summed E-state index contributed by atoms with van der Waals surface area (Å²) in [6, 6.07) is 15.1. The summed E-state index contributed by atoms with van der Waals surface area (Å²) in [5.74, 6) is -1.49. The molecule has 1 fully saturated rings. The van der Waals surface area contributed by atoms with Gasteiger partial charge in [-0.05, 0) is 34.1 Å². The predicted octanol–water partition coefficient (Wildman–Crippen LogP) is 3.69. The SMILES string of the molecule is CC(C)(C)C(CC(=O)O)NC(=O)[C@H]1OCC[C@H]1NC(=O)OCC1c2ccccc2-c2ccccc21. The Kier molecular flexibility index (Phi) is 7.12. The van der Waals surface area contributed by atoms with Crippen LogP contribution in [0.4, 0.5) is 4.79 Å². The van der Waals surface area contributed by atoms with Crippen LogP contribution in [-0.2, 0) is 19.1 Å². The van der Waals surface area contributed by atoms with Crippen LogP contribution in [0.3, 0.4) is 0 Å². The standard InChI is InChI=1S/C27H32N2O6/c1-27(2,3)22(14-23(30)31)29-25(32)24-21(12-13-34-24)28-26(33)35-15-20-18-10-6-4-8-16(18)17-9-5-7-11-19(17)20/h4-11,20-22,24H,12-15H2,1-3H3,(H,28,33)(H,29,32)(H,30,31)/t21-,22?,24+/m1/s1. The molecule has 35 heavy (non-hydrogen) atoms. The highest BCUT2D eigenvalue weighted by Crippen LogP contribution is 2.44. The summed E-state index contributed by atoms with van der Waals surface area (Å²) in [6.45, 7) is 6.08. The third-order valence-electron chi connectivity index (χ3n) is 6.74. The highest BCUT2D eigenvalue weighted by atomic mass is 16.6. The second-order valence-electron chi connectivity index (χ2n) is 10.2. The van der Waals surface area contributed by atoms with Crippen molar-refractivity contribution in [3.8, 4) is 11.1 Å². The maximum atomic E-state index is 12.9. The minimum atomic E-state index is -0.995. The number of amides is 2. The molecule has 1 unspecified atom stereocenters. The van der Waals surface area contributed by atoms with E-state index in [-0.39, 0.29) is 18.9 Å². The van der Waals surface area contributed by atoms with Gasteiger partial charge in [0.2, 0.25) is 0 Å². The number of carboxylic acid groups (broad SMARTS) is 1. The van der Waals surface area contributed by atoms with Crippen molar-refractivity contribution in [3.05, 3.63) is 59.7 Å². The van der Waals surface area contributed by atoms with E-state index in [1.807, 2.05) is 45.0 Å². The van der Waals surface area contributed by atoms with E-state index in [0.717, 1.165) is 22.3 Å². The van der Waals surface area contributed by atoms with Gasteiger partial charge >= 0.3 is 12.1 Å². The molecule has 4 rings (SSSR count). The molecule has 2 aromatic carbocycles. The van der Waals surface area contributed by atoms with E-state index in [9.17, 15) is 19.5 Å². The van der Waals surface area contributed by atoms with E-state index in [1.165, 1.54) is 0 Å². The average Bonchev–Trinajstić information content (AvgIpc) is 3.39. The lowest BCUT2D eigenvalue weighted by Crippen LogP contribution is -2.53. The molecular formula is C27H32N2O6. The molecule has 1 heterocycles. The number of hydrogen-bond acceptors (Lipinski definition) is 5. The largest absolute Gasteiger partial charge is 0.481 e. The number of hydrogen-bond donors (Lipinski definition) is 3. The van der Waals surface area contributed by atoms with Crippen molar-refractivity contribution in [3.63, 3.8) is 0 Å².